The Morgan fingerprint density at radius 2 is 1.83 bits per heavy atom. The highest BCUT2D eigenvalue weighted by Gasteiger charge is 2.46. The lowest BCUT2D eigenvalue weighted by Crippen LogP contribution is -2.37. The highest BCUT2D eigenvalue weighted by Crippen LogP contribution is 2.29. The van der Waals surface area contributed by atoms with Gasteiger partial charge in [0, 0.05) is 24.6 Å². The molecule has 1 saturated heterocycles. The lowest BCUT2D eigenvalue weighted by molar-refractivity contribution is -0.124. The van der Waals surface area contributed by atoms with E-state index in [1.165, 1.54) is 29.2 Å². The number of nitrogens with one attached hydrogen (secondary N) is 1. The summed E-state index contributed by atoms with van der Waals surface area (Å²) in [6.07, 6.45) is 3.85. The van der Waals surface area contributed by atoms with Crippen LogP contribution in [0.5, 0.6) is 5.75 Å². The SMILES string of the molecule is CCCOc1ccc(NC(=O)C[C@H]2C(=O)N(c3ccc(F)cc3)C(=O)N2Cc2cccnc2)cc1. The number of anilines is 2. The molecule has 0 radical (unpaired) electrons. The van der Waals surface area contributed by atoms with Gasteiger partial charge in [-0.05, 0) is 66.6 Å². The van der Waals surface area contributed by atoms with Gasteiger partial charge < -0.3 is 15.0 Å². The number of pyridine rings is 1. The van der Waals surface area contributed by atoms with E-state index in [0.29, 0.717) is 23.6 Å². The van der Waals surface area contributed by atoms with Gasteiger partial charge in [0.1, 0.15) is 17.6 Å². The van der Waals surface area contributed by atoms with E-state index in [9.17, 15) is 18.8 Å². The zero-order valence-electron chi connectivity index (χ0n) is 19.2. The predicted molar refractivity (Wildman–Crippen MR) is 128 cm³/mol. The minimum absolute atomic E-state index is 0.0948. The average Bonchev–Trinajstić information content (AvgIpc) is 3.08. The molecule has 2 aromatic carbocycles. The Morgan fingerprint density at radius 3 is 2.49 bits per heavy atom. The van der Waals surface area contributed by atoms with E-state index in [1.54, 1.807) is 48.8 Å². The van der Waals surface area contributed by atoms with E-state index in [-0.39, 0.29) is 18.7 Å². The van der Waals surface area contributed by atoms with Gasteiger partial charge in [-0.25, -0.2) is 14.1 Å². The molecule has 1 fully saturated rings. The smallest absolute Gasteiger partial charge is 0.332 e. The van der Waals surface area contributed by atoms with Gasteiger partial charge in [0.2, 0.25) is 5.91 Å². The van der Waals surface area contributed by atoms with Crippen LogP contribution >= 0.6 is 0 Å². The first kappa shape index (κ1) is 23.9. The van der Waals surface area contributed by atoms with Crippen LogP contribution in [0.2, 0.25) is 0 Å². The summed E-state index contributed by atoms with van der Waals surface area (Å²) in [5.74, 6) is -0.763. The van der Waals surface area contributed by atoms with E-state index in [4.69, 9.17) is 4.74 Å². The molecule has 4 rings (SSSR count). The van der Waals surface area contributed by atoms with Crippen molar-refractivity contribution in [3.63, 3.8) is 0 Å². The summed E-state index contributed by atoms with van der Waals surface area (Å²) in [5, 5.41) is 2.77. The summed E-state index contributed by atoms with van der Waals surface area (Å²) >= 11 is 0. The first-order valence-corrected chi connectivity index (χ1v) is 11.3. The van der Waals surface area contributed by atoms with E-state index in [2.05, 4.69) is 10.3 Å². The Morgan fingerprint density at radius 1 is 1.09 bits per heavy atom. The topological polar surface area (TPSA) is 91.8 Å². The van der Waals surface area contributed by atoms with Crippen LogP contribution in [0.1, 0.15) is 25.3 Å². The molecule has 0 bridgehead atoms. The summed E-state index contributed by atoms with van der Waals surface area (Å²) in [7, 11) is 0. The molecule has 0 unspecified atom stereocenters. The van der Waals surface area contributed by atoms with Crippen molar-refractivity contribution in [1.29, 1.82) is 0 Å². The molecule has 180 valence electrons. The Balaban J connectivity index is 1.52. The molecule has 4 amide bonds. The van der Waals surface area contributed by atoms with E-state index in [1.807, 2.05) is 6.92 Å². The second kappa shape index (κ2) is 10.8. The molecule has 0 aliphatic carbocycles. The van der Waals surface area contributed by atoms with Crippen LogP contribution < -0.4 is 15.0 Å². The molecule has 2 heterocycles. The zero-order chi connectivity index (χ0) is 24.8. The number of carbonyl (C=O) groups excluding carboxylic acids is 3. The maximum atomic E-state index is 13.4. The number of rotatable bonds is 9. The van der Waals surface area contributed by atoms with Crippen molar-refractivity contribution in [2.75, 3.05) is 16.8 Å². The van der Waals surface area contributed by atoms with Gasteiger partial charge in [-0.3, -0.25) is 14.6 Å². The fraction of sp³-hybridized carbons (Fsp3) is 0.231. The van der Waals surface area contributed by atoms with Gasteiger partial charge in [0.25, 0.3) is 5.91 Å². The third-order valence-electron chi connectivity index (χ3n) is 5.47. The summed E-state index contributed by atoms with van der Waals surface area (Å²) in [6, 6.07) is 13.9. The Hall–Kier alpha value is -4.27. The summed E-state index contributed by atoms with van der Waals surface area (Å²) in [4.78, 5) is 45.8. The second-order valence-electron chi connectivity index (χ2n) is 8.06. The average molecular weight is 477 g/mol. The molecule has 1 N–H and O–H groups in total. The highest BCUT2D eigenvalue weighted by molar-refractivity contribution is 6.22. The number of hydrogen-bond donors (Lipinski definition) is 1. The first-order chi connectivity index (χ1) is 17.0. The maximum Gasteiger partial charge on any atom is 0.332 e. The molecule has 1 aromatic heterocycles. The van der Waals surface area contributed by atoms with Crippen molar-refractivity contribution in [3.05, 3.63) is 84.4 Å². The molecule has 8 nitrogen and oxygen atoms in total. The molecular formula is C26H25FN4O4. The van der Waals surface area contributed by atoms with Crippen molar-refractivity contribution >= 4 is 29.2 Å². The fourth-order valence-corrected chi connectivity index (χ4v) is 3.77. The van der Waals surface area contributed by atoms with Gasteiger partial charge in [0.05, 0.1) is 18.7 Å². The van der Waals surface area contributed by atoms with E-state index < -0.39 is 29.7 Å². The van der Waals surface area contributed by atoms with Gasteiger partial charge in [0.15, 0.2) is 0 Å². The summed E-state index contributed by atoms with van der Waals surface area (Å²) in [5.41, 5.74) is 1.50. The second-order valence-corrected chi connectivity index (χ2v) is 8.06. The number of amides is 4. The quantitative estimate of drug-likeness (QED) is 0.463. The van der Waals surface area contributed by atoms with Crippen LogP contribution in [-0.4, -0.2) is 40.4 Å². The molecule has 35 heavy (non-hydrogen) atoms. The molecule has 0 saturated carbocycles. The van der Waals surface area contributed by atoms with E-state index >= 15 is 0 Å². The lowest BCUT2D eigenvalue weighted by Gasteiger charge is -2.21. The van der Waals surface area contributed by atoms with Crippen LogP contribution in [0.15, 0.2) is 73.1 Å². The number of carbonyl (C=O) groups is 3. The Bertz CT molecular complexity index is 1190. The minimum Gasteiger partial charge on any atom is -0.494 e. The van der Waals surface area contributed by atoms with Crippen LogP contribution in [0, 0.1) is 5.82 Å². The molecule has 9 heteroatoms. The first-order valence-electron chi connectivity index (χ1n) is 11.3. The number of urea groups is 1. The number of halogens is 1. The van der Waals surface area contributed by atoms with Crippen LogP contribution in [0.25, 0.3) is 0 Å². The Labute approximate surface area is 202 Å². The van der Waals surface area contributed by atoms with Crippen molar-refractivity contribution in [3.8, 4) is 5.75 Å². The van der Waals surface area contributed by atoms with Gasteiger partial charge >= 0.3 is 6.03 Å². The van der Waals surface area contributed by atoms with Crippen LogP contribution in [0.4, 0.5) is 20.6 Å². The fourth-order valence-electron chi connectivity index (χ4n) is 3.77. The van der Waals surface area contributed by atoms with Crippen LogP contribution in [-0.2, 0) is 16.1 Å². The Kier molecular flexibility index (Phi) is 7.35. The molecule has 3 aromatic rings. The molecule has 1 atom stereocenters. The van der Waals surface area contributed by atoms with Crippen molar-refractivity contribution in [1.82, 2.24) is 9.88 Å². The summed E-state index contributed by atoms with van der Waals surface area (Å²) in [6.45, 7) is 2.71. The number of imide groups is 1. The third kappa shape index (κ3) is 5.63. The molecule has 1 aliphatic rings. The molecule has 1 aliphatic heterocycles. The zero-order valence-corrected chi connectivity index (χ0v) is 19.2. The summed E-state index contributed by atoms with van der Waals surface area (Å²) < 4.78 is 19.0. The van der Waals surface area contributed by atoms with Gasteiger partial charge in [-0.15, -0.1) is 0 Å². The largest absolute Gasteiger partial charge is 0.494 e. The standard InChI is InChI=1S/C26H25FN4O4/c1-2-14-35-22-11-7-20(8-12-22)29-24(32)15-23-25(33)31(21-9-5-19(27)6-10-21)26(34)30(23)17-18-4-3-13-28-16-18/h3-13,16,23H,2,14-15,17H2,1H3,(H,29,32)/t23-/m0/s1. The minimum atomic E-state index is -1.03. The van der Waals surface area contributed by atoms with Gasteiger partial charge in [-0.2, -0.15) is 0 Å². The van der Waals surface area contributed by atoms with Crippen LogP contribution in [0.3, 0.4) is 0 Å². The molecular weight excluding hydrogens is 451 g/mol. The highest BCUT2D eigenvalue weighted by atomic mass is 19.1. The lowest BCUT2D eigenvalue weighted by atomic mass is 10.1. The number of nitrogens with zero attached hydrogens (tertiary/aromatic N) is 3. The van der Waals surface area contributed by atoms with Crippen molar-refractivity contribution < 1.29 is 23.5 Å². The number of ether oxygens (including phenoxy) is 1. The molecule has 0 spiro atoms. The van der Waals surface area contributed by atoms with E-state index in [0.717, 1.165) is 11.3 Å². The third-order valence-corrected chi connectivity index (χ3v) is 5.47. The van der Waals surface area contributed by atoms with Crippen molar-refractivity contribution in [2.24, 2.45) is 0 Å². The number of hydrogen-bond acceptors (Lipinski definition) is 5. The predicted octanol–water partition coefficient (Wildman–Crippen LogP) is 4.38. The maximum absolute atomic E-state index is 13.4. The monoisotopic (exact) mass is 476 g/mol. The van der Waals surface area contributed by atoms with Gasteiger partial charge in [-0.1, -0.05) is 13.0 Å². The normalized spacial score (nSPS) is 15.4. The number of aromatic nitrogens is 1. The van der Waals surface area contributed by atoms with Crippen molar-refractivity contribution in [2.45, 2.75) is 32.4 Å². The number of benzene rings is 2.